The molecular formula is C22H18N4O2. The van der Waals surface area contributed by atoms with Crippen LogP contribution in [0.25, 0.3) is 5.69 Å². The topological polar surface area (TPSA) is 69.0 Å². The molecule has 138 valence electrons. The normalized spacial score (nSPS) is 10.4. The number of aromatic nitrogens is 3. The minimum absolute atomic E-state index is 0.178. The van der Waals surface area contributed by atoms with E-state index in [-0.39, 0.29) is 5.91 Å². The zero-order valence-corrected chi connectivity index (χ0v) is 15.0. The number of hydrogen-bond acceptors (Lipinski definition) is 4. The van der Waals surface area contributed by atoms with Crippen LogP contribution < -0.4 is 10.1 Å². The number of amides is 1. The summed E-state index contributed by atoms with van der Waals surface area (Å²) in [6, 6.07) is 24.4. The molecule has 0 saturated heterocycles. The molecule has 4 aromatic rings. The van der Waals surface area contributed by atoms with Crippen molar-refractivity contribution < 1.29 is 9.53 Å². The average Bonchev–Trinajstić information content (AvgIpc) is 3.29. The average molecular weight is 370 g/mol. The fourth-order valence-electron chi connectivity index (χ4n) is 2.69. The quantitative estimate of drug-likeness (QED) is 0.555. The largest absolute Gasteiger partial charge is 0.489 e. The third-order valence-corrected chi connectivity index (χ3v) is 4.17. The van der Waals surface area contributed by atoms with Gasteiger partial charge in [0.2, 0.25) is 0 Å². The fourth-order valence-corrected chi connectivity index (χ4v) is 2.69. The zero-order valence-electron chi connectivity index (χ0n) is 15.0. The number of carbonyl (C=O) groups is 1. The lowest BCUT2D eigenvalue weighted by atomic mass is 10.2. The number of carbonyl (C=O) groups excluding carboxylic acids is 1. The Morgan fingerprint density at radius 1 is 0.929 bits per heavy atom. The summed E-state index contributed by atoms with van der Waals surface area (Å²) >= 11 is 0. The second-order valence-electron chi connectivity index (χ2n) is 6.14. The van der Waals surface area contributed by atoms with E-state index in [1.54, 1.807) is 23.1 Å². The molecule has 0 aliphatic heterocycles. The Kier molecular flexibility index (Phi) is 5.11. The van der Waals surface area contributed by atoms with E-state index >= 15 is 0 Å². The second kappa shape index (κ2) is 8.18. The van der Waals surface area contributed by atoms with Crippen LogP contribution in [0.4, 0.5) is 5.69 Å². The lowest BCUT2D eigenvalue weighted by molar-refractivity contribution is 0.102. The van der Waals surface area contributed by atoms with Crippen molar-refractivity contribution in [1.82, 2.24) is 14.8 Å². The van der Waals surface area contributed by atoms with Gasteiger partial charge in [-0.05, 0) is 54.1 Å². The zero-order chi connectivity index (χ0) is 19.2. The Hall–Kier alpha value is -3.93. The molecule has 0 aliphatic carbocycles. The van der Waals surface area contributed by atoms with Crippen molar-refractivity contribution in [2.24, 2.45) is 0 Å². The SMILES string of the molecule is O=C(Nc1ccc(OCc2ccccc2)cc1)c1ccc(-n2cncn2)cc1. The molecule has 28 heavy (non-hydrogen) atoms. The first kappa shape index (κ1) is 17.5. The first-order valence-corrected chi connectivity index (χ1v) is 8.81. The Labute approximate surface area is 162 Å². The van der Waals surface area contributed by atoms with Crippen LogP contribution in [-0.2, 0) is 6.61 Å². The highest BCUT2D eigenvalue weighted by atomic mass is 16.5. The van der Waals surface area contributed by atoms with Crippen molar-refractivity contribution in [3.8, 4) is 11.4 Å². The third-order valence-electron chi connectivity index (χ3n) is 4.17. The third kappa shape index (κ3) is 4.24. The molecule has 1 amide bonds. The summed E-state index contributed by atoms with van der Waals surface area (Å²) in [5.41, 5.74) is 3.22. The molecule has 3 aromatic carbocycles. The van der Waals surface area contributed by atoms with Crippen LogP contribution in [0.15, 0.2) is 91.5 Å². The van der Waals surface area contributed by atoms with Gasteiger partial charge in [-0.1, -0.05) is 30.3 Å². The predicted molar refractivity (Wildman–Crippen MR) is 107 cm³/mol. The van der Waals surface area contributed by atoms with Gasteiger partial charge in [0, 0.05) is 11.3 Å². The number of benzene rings is 3. The highest BCUT2D eigenvalue weighted by Crippen LogP contribution is 2.18. The number of anilines is 1. The minimum atomic E-state index is -0.178. The van der Waals surface area contributed by atoms with E-state index in [0.29, 0.717) is 17.9 Å². The van der Waals surface area contributed by atoms with Crippen molar-refractivity contribution in [2.45, 2.75) is 6.61 Å². The Bertz CT molecular complexity index is 1030. The van der Waals surface area contributed by atoms with Gasteiger partial charge in [0.1, 0.15) is 25.0 Å². The fraction of sp³-hybridized carbons (Fsp3) is 0.0455. The Morgan fingerprint density at radius 2 is 1.68 bits per heavy atom. The molecule has 1 aromatic heterocycles. The lowest BCUT2D eigenvalue weighted by Gasteiger charge is -2.09. The molecule has 0 radical (unpaired) electrons. The molecule has 1 N–H and O–H groups in total. The van der Waals surface area contributed by atoms with Crippen LogP contribution in [0.1, 0.15) is 15.9 Å². The van der Waals surface area contributed by atoms with Gasteiger partial charge in [-0.25, -0.2) is 9.67 Å². The van der Waals surface area contributed by atoms with Crippen molar-refractivity contribution in [1.29, 1.82) is 0 Å². The molecule has 0 atom stereocenters. The number of hydrogen-bond donors (Lipinski definition) is 1. The molecule has 0 bridgehead atoms. The maximum absolute atomic E-state index is 12.4. The van der Waals surface area contributed by atoms with Crippen molar-refractivity contribution in [3.05, 3.63) is 103 Å². The van der Waals surface area contributed by atoms with Crippen LogP contribution in [0.2, 0.25) is 0 Å². The monoisotopic (exact) mass is 370 g/mol. The smallest absolute Gasteiger partial charge is 0.255 e. The number of nitrogens with one attached hydrogen (secondary N) is 1. The maximum Gasteiger partial charge on any atom is 0.255 e. The van der Waals surface area contributed by atoms with Crippen LogP contribution in [0.3, 0.4) is 0 Å². The highest BCUT2D eigenvalue weighted by molar-refractivity contribution is 6.04. The van der Waals surface area contributed by atoms with E-state index < -0.39 is 0 Å². The van der Waals surface area contributed by atoms with Gasteiger partial charge >= 0.3 is 0 Å². The van der Waals surface area contributed by atoms with E-state index in [9.17, 15) is 4.79 Å². The molecule has 4 rings (SSSR count). The molecule has 6 heteroatoms. The van der Waals surface area contributed by atoms with Gasteiger partial charge < -0.3 is 10.1 Å². The standard InChI is InChI=1S/C22H18N4O2/c27-22(18-6-10-20(11-7-18)26-16-23-15-24-26)25-19-8-12-21(13-9-19)28-14-17-4-2-1-3-5-17/h1-13,15-16H,14H2,(H,25,27). The summed E-state index contributed by atoms with van der Waals surface area (Å²) in [7, 11) is 0. The lowest BCUT2D eigenvalue weighted by Crippen LogP contribution is -2.11. The van der Waals surface area contributed by atoms with Gasteiger partial charge in [-0.2, -0.15) is 5.10 Å². The summed E-state index contributed by atoms with van der Waals surface area (Å²) in [4.78, 5) is 16.3. The summed E-state index contributed by atoms with van der Waals surface area (Å²) in [5.74, 6) is 0.571. The van der Waals surface area contributed by atoms with E-state index in [2.05, 4.69) is 15.4 Å². The number of nitrogens with zero attached hydrogens (tertiary/aromatic N) is 3. The Balaban J connectivity index is 1.35. The van der Waals surface area contributed by atoms with Gasteiger partial charge in [0.25, 0.3) is 5.91 Å². The van der Waals surface area contributed by atoms with Crippen molar-refractivity contribution in [2.75, 3.05) is 5.32 Å². The molecule has 0 unspecified atom stereocenters. The number of rotatable bonds is 6. The van der Waals surface area contributed by atoms with Crippen LogP contribution in [0.5, 0.6) is 5.75 Å². The predicted octanol–water partition coefficient (Wildman–Crippen LogP) is 4.10. The van der Waals surface area contributed by atoms with Gasteiger partial charge in [-0.3, -0.25) is 4.79 Å². The highest BCUT2D eigenvalue weighted by Gasteiger charge is 2.07. The Morgan fingerprint density at radius 3 is 2.36 bits per heavy atom. The first-order chi connectivity index (χ1) is 13.8. The molecule has 0 aliphatic rings. The molecule has 0 fully saturated rings. The van der Waals surface area contributed by atoms with E-state index in [1.165, 1.54) is 6.33 Å². The van der Waals surface area contributed by atoms with Gasteiger partial charge in [0.15, 0.2) is 0 Å². The maximum atomic E-state index is 12.4. The molecule has 1 heterocycles. The van der Waals surface area contributed by atoms with Gasteiger partial charge in [-0.15, -0.1) is 0 Å². The second-order valence-corrected chi connectivity index (χ2v) is 6.14. The van der Waals surface area contributed by atoms with E-state index in [1.807, 2.05) is 66.7 Å². The first-order valence-electron chi connectivity index (χ1n) is 8.81. The van der Waals surface area contributed by atoms with E-state index in [4.69, 9.17) is 4.74 Å². The van der Waals surface area contributed by atoms with Crippen LogP contribution in [0, 0.1) is 0 Å². The van der Waals surface area contributed by atoms with Gasteiger partial charge in [0.05, 0.1) is 5.69 Å². The van der Waals surface area contributed by atoms with Crippen molar-refractivity contribution in [3.63, 3.8) is 0 Å². The molecule has 6 nitrogen and oxygen atoms in total. The summed E-state index contributed by atoms with van der Waals surface area (Å²) < 4.78 is 7.39. The minimum Gasteiger partial charge on any atom is -0.489 e. The summed E-state index contributed by atoms with van der Waals surface area (Å²) in [6.07, 6.45) is 3.07. The molecule has 0 saturated carbocycles. The van der Waals surface area contributed by atoms with Crippen LogP contribution in [-0.4, -0.2) is 20.7 Å². The van der Waals surface area contributed by atoms with Crippen molar-refractivity contribution >= 4 is 11.6 Å². The van der Waals surface area contributed by atoms with Crippen LogP contribution >= 0.6 is 0 Å². The van der Waals surface area contributed by atoms with E-state index in [0.717, 1.165) is 17.0 Å². The summed E-state index contributed by atoms with van der Waals surface area (Å²) in [5, 5.41) is 6.95. The molecule has 0 spiro atoms. The number of ether oxygens (including phenoxy) is 1. The molecular weight excluding hydrogens is 352 g/mol. The summed E-state index contributed by atoms with van der Waals surface area (Å²) in [6.45, 7) is 0.505.